The number of nitrogens with one attached hydrogen (secondary N) is 1. The molecule has 0 saturated heterocycles. The summed E-state index contributed by atoms with van der Waals surface area (Å²) in [5, 5.41) is 3.08. The molecule has 0 saturated carbocycles. The molecule has 0 aromatic heterocycles. The van der Waals surface area contributed by atoms with Crippen LogP contribution in [0.3, 0.4) is 0 Å². The first-order valence-electron chi connectivity index (χ1n) is 8.06. The van der Waals surface area contributed by atoms with Gasteiger partial charge in [-0.3, -0.25) is 4.79 Å². The minimum Gasteiger partial charge on any atom is -0.493 e. The molecule has 1 heterocycles. The van der Waals surface area contributed by atoms with Crippen molar-refractivity contribution in [3.8, 4) is 5.75 Å². The average Bonchev–Trinajstić information content (AvgIpc) is 2.61. The van der Waals surface area contributed by atoms with Gasteiger partial charge >= 0.3 is 0 Å². The van der Waals surface area contributed by atoms with Crippen LogP contribution in [0.1, 0.15) is 42.1 Å². The number of ether oxygens (including phenoxy) is 1. The van der Waals surface area contributed by atoms with Crippen molar-refractivity contribution < 1.29 is 9.53 Å². The first kappa shape index (κ1) is 18.3. The van der Waals surface area contributed by atoms with Crippen LogP contribution < -0.4 is 15.8 Å². The third-order valence-corrected chi connectivity index (χ3v) is 4.29. The molecule has 2 aromatic carbocycles. The molecule has 0 bridgehead atoms. The highest BCUT2D eigenvalue weighted by Crippen LogP contribution is 2.35. The zero-order chi connectivity index (χ0) is 16.2. The summed E-state index contributed by atoms with van der Waals surface area (Å²) >= 11 is 0. The Labute approximate surface area is 148 Å². The Bertz CT molecular complexity index is 691. The SMILES string of the molecule is CCc1cccc2c1OCCC2NC(=O)C(N)c1ccccc1.Cl. The lowest BCUT2D eigenvalue weighted by Gasteiger charge is -2.29. The molecular formula is C19H23ClN2O2. The summed E-state index contributed by atoms with van der Waals surface area (Å²) < 4.78 is 5.82. The highest BCUT2D eigenvalue weighted by Gasteiger charge is 2.26. The number of halogens is 1. The van der Waals surface area contributed by atoms with E-state index < -0.39 is 6.04 Å². The molecule has 1 amide bonds. The number of nitrogens with two attached hydrogens (primary N) is 1. The van der Waals surface area contributed by atoms with Crippen LogP contribution >= 0.6 is 12.4 Å². The number of para-hydroxylation sites is 1. The molecule has 24 heavy (non-hydrogen) atoms. The molecule has 5 heteroatoms. The Morgan fingerprint density at radius 2 is 2.00 bits per heavy atom. The van der Waals surface area contributed by atoms with E-state index in [1.165, 1.54) is 5.56 Å². The monoisotopic (exact) mass is 346 g/mol. The van der Waals surface area contributed by atoms with Crippen molar-refractivity contribution in [3.05, 3.63) is 65.2 Å². The number of carbonyl (C=O) groups excluding carboxylic acids is 1. The van der Waals surface area contributed by atoms with Gasteiger partial charge in [-0.25, -0.2) is 0 Å². The van der Waals surface area contributed by atoms with Gasteiger partial charge in [-0.05, 0) is 17.5 Å². The van der Waals surface area contributed by atoms with E-state index in [1.54, 1.807) is 0 Å². The van der Waals surface area contributed by atoms with E-state index in [2.05, 4.69) is 18.3 Å². The Kier molecular flexibility index (Phi) is 6.23. The summed E-state index contributed by atoms with van der Waals surface area (Å²) in [4.78, 5) is 12.5. The Balaban J connectivity index is 0.00000208. The van der Waals surface area contributed by atoms with Gasteiger partial charge in [0.1, 0.15) is 11.8 Å². The minimum atomic E-state index is -0.656. The van der Waals surface area contributed by atoms with Gasteiger partial charge in [-0.2, -0.15) is 0 Å². The zero-order valence-electron chi connectivity index (χ0n) is 13.7. The van der Waals surface area contributed by atoms with Gasteiger partial charge in [0.15, 0.2) is 0 Å². The molecule has 4 nitrogen and oxygen atoms in total. The fourth-order valence-corrected chi connectivity index (χ4v) is 2.99. The van der Waals surface area contributed by atoms with Gasteiger partial charge in [-0.15, -0.1) is 12.4 Å². The number of amides is 1. The normalized spacial score (nSPS) is 17.0. The first-order chi connectivity index (χ1) is 11.2. The van der Waals surface area contributed by atoms with Crippen LogP contribution in [0, 0.1) is 0 Å². The number of fused-ring (bicyclic) bond motifs is 1. The number of aryl methyl sites for hydroxylation is 1. The Morgan fingerprint density at radius 3 is 2.71 bits per heavy atom. The lowest BCUT2D eigenvalue weighted by Crippen LogP contribution is -2.38. The van der Waals surface area contributed by atoms with Gasteiger partial charge in [0, 0.05) is 12.0 Å². The first-order valence-corrected chi connectivity index (χ1v) is 8.06. The van der Waals surface area contributed by atoms with Crippen LogP contribution in [-0.4, -0.2) is 12.5 Å². The second-order valence-corrected chi connectivity index (χ2v) is 5.78. The maximum absolute atomic E-state index is 12.5. The lowest BCUT2D eigenvalue weighted by molar-refractivity contribution is -0.123. The van der Waals surface area contributed by atoms with Crippen molar-refractivity contribution in [2.45, 2.75) is 31.8 Å². The molecule has 1 aliphatic heterocycles. The van der Waals surface area contributed by atoms with Crippen LogP contribution in [0.15, 0.2) is 48.5 Å². The maximum atomic E-state index is 12.5. The molecule has 2 aromatic rings. The van der Waals surface area contributed by atoms with Gasteiger partial charge in [0.2, 0.25) is 5.91 Å². The van der Waals surface area contributed by atoms with Crippen LogP contribution in [0.5, 0.6) is 5.75 Å². The highest BCUT2D eigenvalue weighted by molar-refractivity contribution is 5.85. The van der Waals surface area contributed by atoms with E-state index in [1.807, 2.05) is 42.5 Å². The van der Waals surface area contributed by atoms with Crippen LogP contribution in [0.4, 0.5) is 0 Å². The summed E-state index contributed by atoms with van der Waals surface area (Å²) in [5.74, 6) is 0.760. The smallest absolute Gasteiger partial charge is 0.241 e. The number of hydrogen-bond donors (Lipinski definition) is 2. The number of rotatable bonds is 4. The number of hydrogen-bond acceptors (Lipinski definition) is 3. The van der Waals surface area contributed by atoms with Gasteiger partial charge in [0.05, 0.1) is 12.6 Å². The molecule has 2 unspecified atom stereocenters. The van der Waals surface area contributed by atoms with Crippen molar-refractivity contribution in [2.24, 2.45) is 5.73 Å². The number of benzene rings is 2. The summed E-state index contributed by atoms with van der Waals surface area (Å²) in [7, 11) is 0. The van der Waals surface area contributed by atoms with E-state index in [0.717, 1.165) is 29.7 Å². The van der Waals surface area contributed by atoms with Gasteiger partial charge in [0.25, 0.3) is 0 Å². The van der Waals surface area contributed by atoms with E-state index in [-0.39, 0.29) is 24.4 Å². The second-order valence-electron chi connectivity index (χ2n) is 5.78. The van der Waals surface area contributed by atoms with Crippen molar-refractivity contribution in [2.75, 3.05) is 6.61 Å². The highest BCUT2D eigenvalue weighted by atomic mass is 35.5. The van der Waals surface area contributed by atoms with Crippen LogP contribution in [-0.2, 0) is 11.2 Å². The molecule has 2 atom stereocenters. The molecule has 3 rings (SSSR count). The molecule has 128 valence electrons. The Morgan fingerprint density at radius 1 is 1.25 bits per heavy atom. The fraction of sp³-hybridized carbons (Fsp3) is 0.316. The molecule has 0 radical (unpaired) electrons. The third kappa shape index (κ3) is 3.71. The minimum absolute atomic E-state index is 0. The van der Waals surface area contributed by atoms with Crippen LogP contribution in [0.2, 0.25) is 0 Å². The van der Waals surface area contributed by atoms with Crippen molar-refractivity contribution in [1.29, 1.82) is 0 Å². The van der Waals surface area contributed by atoms with E-state index in [9.17, 15) is 4.79 Å². The largest absolute Gasteiger partial charge is 0.493 e. The van der Waals surface area contributed by atoms with Crippen LogP contribution in [0.25, 0.3) is 0 Å². The van der Waals surface area contributed by atoms with E-state index in [4.69, 9.17) is 10.5 Å². The molecule has 0 fully saturated rings. The zero-order valence-corrected chi connectivity index (χ0v) is 14.5. The van der Waals surface area contributed by atoms with Gasteiger partial charge in [-0.1, -0.05) is 55.5 Å². The predicted octanol–water partition coefficient (Wildman–Crippen LogP) is 3.31. The summed E-state index contributed by atoms with van der Waals surface area (Å²) in [5.41, 5.74) is 9.13. The second kappa shape index (κ2) is 8.18. The van der Waals surface area contributed by atoms with E-state index >= 15 is 0 Å². The average molecular weight is 347 g/mol. The van der Waals surface area contributed by atoms with Crippen molar-refractivity contribution in [1.82, 2.24) is 5.32 Å². The predicted molar refractivity (Wildman–Crippen MR) is 97.4 cm³/mol. The molecule has 0 aliphatic carbocycles. The lowest BCUT2D eigenvalue weighted by atomic mass is 9.96. The fourth-order valence-electron chi connectivity index (χ4n) is 2.99. The molecule has 1 aliphatic rings. The quantitative estimate of drug-likeness (QED) is 0.892. The standard InChI is InChI=1S/C19H22N2O2.ClH/c1-2-13-9-6-10-15-16(11-12-23-18(13)15)21-19(22)17(20)14-7-4-3-5-8-14;/h3-10,16-17H,2,11-12,20H2,1H3,(H,21,22);1H. The molecule has 3 N–H and O–H groups in total. The van der Waals surface area contributed by atoms with Gasteiger partial charge < -0.3 is 15.8 Å². The topological polar surface area (TPSA) is 64.3 Å². The Hall–Kier alpha value is -2.04. The van der Waals surface area contributed by atoms with Crippen molar-refractivity contribution in [3.63, 3.8) is 0 Å². The number of carbonyl (C=O) groups is 1. The summed E-state index contributed by atoms with van der Waals surface area (Å²) in [6, 6.07) is 14.8. The molecule has 0 spiro atoms. The molecular weight excluding hydrogens is 324 g/mol. The summed E-state index contributed by atoms with van der Waals surface area (Å²) in [6.45, 7) is 2.71. The maximum Gasteiger partial charge on any atom is 0.241 e. The third-order valence-electron chi connectivity index (χ3n) is 4.29. The summed E-state index contributed by atoms with van der Waals surface area (Å²) in [6.07, 6.45) is 1.67. The van der Waals surface area contributed by atoms with Crippen molar-refractivity contribution >= 4 is 18.3 Å². The van der Waals surface area contributed by atoms with E-state index in [0.29, 0.717) is 6.61 Å².